The van der Waals surface area contributed by atoms with Crippen LogP contribution < -0.4 is 4.90 Å². The minimum Gasteiger partial charge on any atom is -0.481 e. The van der Waals surface area contributed by atoms with Crippen LogP contribution in [0.25, 0.3) is 11.4 Å². The predicted octanol–water partition coefficient (Wildman–Crippen LogP) is 0.920. The van der Waals surface area contributed by atoms with Crippen LogP contribution in [0.1, 0.15) is 6.42 Å². The number of aromatic nitrogens is 3. The van der Waals surface area contributed by atoms with Gasteiger partial charge in [-0.05, 0) is 12.1 Å². The number of hydrogen-bond donors (Lipinski definition) is 1. The first-order valence-electron chi connectivity index (χ1n) is 6.55. The summed E-state index contributed by atoms with van der Waals surface area (Å²) in [6, 6.07) is 7.26. The van der Waals surface area contributed by atoms with Crippen LogP contribution >= 0.6 is 0 Å². The topological polar surface area (TPSA) is 88.3 Å². The molecule has 0 aliphatic carbocycles. The van der Waals surface area contributed by atoms with Crippen molar-refractivity contribution in [1.29, 1.82) is 0 Å². The first-order valence-corrected chi connectivity index (χ1v) is 6.55. The molecule has 1 fully saturated rings. The van der Waals surface area contributed by atoms with Crippen LogP contribution in [0.3, 0.4) is 0 Å². The number of amides is 1. The number of nitrogens with zero attached hydrogens (tertiary/aromatic N) is 4. The Morgan fingerprint density at radius 3 is 2.81 bits per heavy atom. The summed E-state index contributed by atoms with van der Waals surface area (Å²) in [4.78, 5) is 28.7. The van der Waals surface area contributed by atoms with Gasteiger partial charge in [-0.1, -0.05) is 6.07 Å². The van der Waals surface area contributed by atoms with Crippen LogP contribution in [0.5, 0.6) is 0 Å². The van der Waals surface area contributed by atoms with Gasteiger partial charge in [-0.25, -0.2) is 0 Å². The van der Waals surface area contributed by atoms with Crippen molar-refractivity contribution in [3.8, 4) is 11.4 Å². The Morgan fingerprint density at radius 2 is 2.19 bits per heavy atom. The summed E-state index contributed by atoms with van der Waals surface area (Å²) in [6.45, 7) is 0.176. The molecule has 0 bridgehead atoms. The van der Waals surface area contributed by atoms with E-state index in [0.717, 1.165) is 0 Å². The third-order valence-corrected chi connectivity index (χ3v) is 3.53. The number of carbonyl (C=O) groups is 2. The summed E-state index contributed by atoms with van der Waals surface area (Å²) >= 11 is 0. The Labute approximate surface area is 120 Å². The Hall–Kier alpha value is -2.70. The smallest absolute Gasteiger partial charge is 0.308 e. The van der Waals surface area contributed by atoms with E-state index in [1.54, 1.807) is 24.0 Å². The normalized spacial score (nSPS) is 18.2. The number of pyridine rings is 1. The van der Waals surface area contributed by atoms with E-state index in [9.17, 15) is 9.59 Å². The standard InChI is InChI=1S/C14H14N4O3/c1-17-12(18-8-9(14(20)21)6-13(18)19)7-11(16-17)10-4-2-3-5-15-10/h2-5,7,9H,6,8H2,1H3,(H,20,21). The lowest BCUT2D eigenvalue weighted by molar-refractivity contribution is -0.141. The number of rotatable bonds is 3. The highest BCUT2D eigenvalue weighted by Crippen LogP contribution is 2.28. The summed E-state index contributed by atoms with van der Waals surface area (Å²) in [5.41, 5.74) is 1.36. The Morgan fingerprint density at radius 1 is 1.38 bits per heavy atom. The number of hydrogen-bond acceptors (Lipinski definition) is 4. The van der Waals surface area contributed by atoms with Gasteiger partial charge in [-0.15, -0.1) is 0 Å². The molecule has 7 heteroatoms. The molecule has 3 rings (SSSR count). The second-order valence-electron chi connectivity index (χ2n) is 4.97. The van der Waals surface area contributed by atoms with Crippen molar-refractivity contribution in [1.82, 2.24) is 14.8 Å². The highest BCUT2D eigenvalue weighted by molar-refractivity contribution is 5.98. The molecule has 1 N–H and O–H groups in total. The average Bonchev–Trinajstić information content (AvgIpc) is 3.03. The fraction of sp³-hybridized carbons (Fsp3) is 0.286. The maximum atomic E-state index is 12.0. The first-order chi connectivity index (χ1) is 10.1. The second-order valence-corrected chi connectivity index (χ2v) is 4.97. The van der Waals surface area contributed by atoms with Gasteiger partial charge in [-0.2, -0.15) is 5.10 Å². The third kappa shape index (κ3) is 2.37. The third-order valence-electron chi connectivity index (χ3n) is 3.53. The molecule has 2 aromatic rings. The van der Waals surface area contributed by atoms with Crippen molar-refractivity contribution in [2.24, 2.45) is 13.0 Å². The minimum absolute atomic E-state index is 0.0272. The first kappa shape index (κ1) is 13.3. The van der Waals surface area contributed by atoms with Crippen molar-refractivity contribution in [3.63, 3.8) is 0 Å². The molecule has 0 radical (unpaired) electrons. The molecule has 1 aliphatic heterocycles. The van der Waals surface area contributed by atoms with Gasteiger partial charge in [0.25, 0.3) is 0 Å². The molecule has 1 amide bonds. The zero-order valence-electron chi connectivity index (χ0n) is 11.4. The average molecular weight is 286 g/mol. The molecule has 1 aliphatic rings. The maximum absolute atomic E-state index is 12.0. The van der Waals surface area contributed by atoms with E-state index in [-0.39, 0.29) is 18.9 Å². The summed E-state index contributed by atoms with van der Waals surface area (Å²) in [5.74, 6) is -1.22. The Kier molecular flexibility index (Phi) is 3.17. The molecule has 0 spiro atoms. The van der Waals surface area contributed by atoms with E-state index in [1.165, 1.54) is 4.90 Å². The molecule has 21 heavy (non-hydrogen) atoms. The molecule has 108 valence electrons. The quantitative estimate of drug-likeness (QED) is 0.906. The largest absolute Gasteiger partial charge is 0.481 e. The number of aryl methyl sites for hydroxylation is 1. The van der Waals surface area contributed by atoms with Crippen LogP contribution in [-0.2, 0) is 16.6 Å². The van der Waals surface area contributed by atoms with Crippen LogP contribution in [0.2, 0.25) is 0 Å². The fourth-order valence-electron chi connectivity index (χ4n) is 2.44. The Balaban J connectivity index is 1.92. The number of carbonyl (C=O) groups excluding carboxylic acids is 1. The highest BCUT2D eigenvalue weighted by atomic mass is 16.4. The van der Waals surface area contributed by atoms with Crippen molar-refractivity contribution in [2.45, 2.75) is 6.42 Å². The maximum Gasteiger partial charge on any atom is 0.308 e. The van der Waals surface area contributed by atoms with Crippen LogP contribution in [0, 0.1) is 5.92 Å². The predicted molar refractivity (Wildman–Crippen MR) is 74.5 cm³/mol. The lowest BCUT2D eigenvalue weighted by Gasteiger charge is -2.15. The molecule has 1 saturated heterocycles. The van der Waals surface area contributed by atoms with E-state index >= 15 is 0 Å². The SMILES string of the molecule is Cn1nc(-c2ccccn2)cc1N1CC(C(=O)O)CC1=O. The van der Waals surface area contributed by atoms with Crippen molar-refractivity contribution >= 4 is 17.7 Å². The number of carboxylic acid groups (broad SMARTS) is 1. The lowest BCUT2D eigenvalue weighted by Crippen LogP contribution is -2.27. The summed E-state index contributed by atoms with van der Waals surface area (Å²) in [5, 5.41) is 13.4. The molecule has 1 atom stereocenters. The summed E-state index contributed by atoms with van der Waals surface area (Å²) in [7, 11) is 1.73. The molecule has 0 aromatic carbocycles. The summed E-state index contributed by atoms with van der Waals surface area (Å²) in [6.07, 6.45) is 1.70. The highest BCUT2D eigenvalue weighted by Gasteiger charge is 2.36. The van der Waals surface area contributed by atoms with Gasteiger partial charge in [0.15, 0.2) is 0 Å². The molecule has 0 saturated carbocycles. The van der Waals surface area contributed by atoms with Crippen LogP contribution in [-0.4, -0.2) is 38.3 Å². The van der Waals surface area contributed by atoms with E-state index in [2.05, 4.69) is 10.1 Å². The van der Waals surface area contributed by atoms with Gasteiger partial charge in [-0.3, -0.25) is 24.2 Å². The fourth-order valence-corrected chi connectivity index (χ4v) is 2.44. The Bertz CT molecular complexity index is 695. The number of carboxylic acids is 1. The number of anilines is 1. The monoisotopic (exact) mass is 286 g/mol. The van der Waals surface area contributed by atoms with E-state index in [0.29, 0.717) is 17.2 Å². The van der Waals surface area contributed by atoms with Gasteiger partial charge in [0.05, 0.1) is 11.6 Å². The van der Waals surface area contributed by atoms with E-state index < -0.39 is 11.9 Å². The second kappa shape index (κ2) is 5.01. The number of aliphatic carboxylic acids is 1. The van der Waals surface area contributed by atoms with E-state index in [1.807, 2.05) is 18.2 Å². The van der Waals surface area contributed by atoms with E-state index in [4.69, 9.17) is 5.11 Å². The van der Waals surface area contributed by atoms with Crippen molar-refractivity contribution < 1.29 is 14.7 Å². The zero-order valence-corrected chi connectivity index (χ0v) is 11.4. The van der Waals surface area contributed by atoms with Gasteiger partial charge in [0, 0.05) is 32.3 Å². The van der Waals surface area contributed by atoms with Crippen molar-refractivity contribution in [2.75, 3.05) is 11.4 Å². The van der Waals surface area contributed by atoms with Gasteiger partial charge < -0.3 is 5.11 Å². The van der Waals surface area contributed by atoms with Gasteiger partial charge >= 0.3 is 5.97 Å². The molecular formula is C14H14N4O3. The summed E-state index contributed by atoms with van der Waals surface area (Å²) < 4.78 is 1.58. The molecule has 2 aromatic heterocycles. The van der Waals surface area contributed by atoms with Crippen LogP contribution in [0.4, 0.5) is 5.82 Å². The molecule has 3 heterocycles. The van der Waals surface area contributed by atoms with Crippen molar-refractivity contribution in [3.05, 3.63) is 30.5 Å². The van der Waals surface area contributed by atoms with Crippen LogP contribution in [0.15, 0.2) is 30.5 Å². The molecule has 7 nitrogen and oxygen atoms in total. The molecule has 1 unspecified atom stereocenters. The van der Waals surface area contributed by atoms with Gasteiger partial charge in [0.2, 0.25) is 5.91 Å². The molecular weight excluding hydrogens is 272 g/mol. The lowest BCUT2D eigenvalue weighted by atomic mass is 10.1. The minimum atomic E-state index is -0.946. The zero-order chi connectivity index (χ0) is 15.0. The van der Waals surface area contributed by atoms with Gasteiger partial charge in [0.1, 0.15) is 11.5 Å².